The summed E-state index contributed by atoms with van der Waals surface area (Å²) in [6.45, 7) is 3.31. The molecular weight excluding hydrogens is 451 g/mol. The lowest BCUT2D eigenvalue weighted by atomic mass is 10.1. The second-order valence-corrected chi connectivity index (χ2v) is 8.05. The van der Waals surface area contributed by atoms with Crippen molar-refractivity contribution in [3.8, 4) is 11.5 Å². The summed E-state index contributed by atoms with van der Waals surface area (Å²) in [5, 5.41) is 4.01. The lowest BCUT2D eigenvalue weighted by molar-refractivity contribution is -0.123. The standard InChI is InChI=1S/C24H18Cl2N2O4/c1-13-7-8-22(31-13)21-12-19(18-5-3-4-6-20(18)28-21)24(30)32-14(2)23(29)27-17-10-15(25)9-16(26)11-17/h3-12,14H,1-2H3,(H,27,29). The predicted octanol–water partition coefficient (Wildman–Crippen LogP) is 6.29. The minimum Gasteiger partial charge on any atom is -0.460 e. The largest absolute Gasteiger partial charge is 0.460 e. The Morgan fingerprint density at radius 2 is 1.75 bits per heavy atom. The number of carbonyl (C=O) groups is 2. The van der Waals surface area contributed by atoms with Crippen LogP contribution in [0.5, 0.6) is 0 Å². The molecule has 4 aromatic rings. The van der Waals surface area contributed by atoms with Gasteiger partial charge in [0.15, 0.2) is 11.9 Å². The number of furan rings is 1. The maximum Gasteiger partial charge on any atom is 0.339 e. The van der Waals surface area contributed by atoms with E-state index in [4.69, 9.17) is 32.4 Å². The van der Waals surface area contributed by atoms with E-state index in [-0.39, 0.29) is 5.56 Å². The third kappa shape index (κ3) is 4.77. The summed E-state index contributed by atoms with van der Waals surface area (Å²) < 4.78 is 11.1. The second kappa shape index (κ2) is 9.02. The monoisotopic (exact) mass is 468 g/mol. The number of fused-ring (bicyclic) bond motifs is 1. The molecule has 0 saturated heterocycles. The Bertz CT molecular complexity index is 1310. The van der Waals surface area contributed by atoms with E-state index in [1.165, 1.54) is 6.92 Å². The van der Waals surface area contributed by atoms with Crippen LogP contribution in [0.25, 0.3) is 22.4 Å². The molecular formula is C24H18Cl2N2O4. The number of carbonyl (C=O) groups excluding carboxylic acids is 2. The van der Waals surface area contributed by atoms with Gasteiger partial charge < -0.3 is 14.5 Å². The summed E-state index contributed by atoms with van der Waals surface area (Å²) in [6, 6.07) is 17.1. The third-order valence-electron chi connectivity index (χ3n) is 4.71. The summed E-state index contributed by atoms with van der Waals surface area (Å²) in [5.41, 5.74) is 1.79. The lowest BCUT2D eigenvalue weighted by Crippen LogP contribution is -2.30. The molecule has 32 heavy (non-hydrogen) atoms. The fourth-order valence-corrected chi connectivity index (χ4v) is 3.72. The number of esters is 1. The average Bonchev–Trinajstić information content (AvgIpc) is 3.18. The number of para-hydroxylation sites is 1. The van der Waals surface area contributed by atoms with Gasteiger partial charge in [0.1, 0.15) is 11.5 Å². The molecule has 0 bridgehead atoms. The van der Waals surface area contributed by atoms with E-state index in [2.05, 4.69) is 10.3 Å². The van der Waals surface area contributed by atoms with Crippen LogP contribution >= 0.6 is 23.2 Å². The van der Waals surface area contributed by atoms with Crippen molar-refractivity contribution in [3.05, 3.63) is 82.0 Å². The first-order valence-electron chi connectivity index (χ1n) is 9.74. The van der Waals surface area contributed by atoms with Gasteiger partial charge in [0.05, 0.1) is 11.1 Å². The van der Waals surface area contributed by atoms with E-state index in [1.54, 1.807) is 48.5 Å². The predicted molar refractivity (Wildman–Crippen MR) is 124 cm³/mol. The number of amides is 1. The fourth-order valence-electron chi connectivity index (χ4n) is 3.19. The molecule has 0 saturated carbocycles. The Hall–Kier alpha value is -3.35. The SMILES string of the molecule is Cc1ccc(-c2cc(C(=O)OC(C)C(=O)Nc3cc(Cl)cc(Cl)c3)c3ccccc3n2)o1. The van der Waals surface area contributed by atoms with Gasteiger partial charge in [0.25, 0.3) is 5.91 Å². The molecule has 1 atom stereocenters. The Kier molecular flexibility index (Phi) is 6.17. The van der Waals surface area contributed by atoms with Crippen molar-refractivity contribution >= 4 is 51.7 Å². The minimum absolute atomic E-state index is 0.283. The highest BCUT2D eigenvalue weighted by Gasteiger charge is 2.22. The van der Waals surface area contributed by atoms with Crippen molar-refractivity contribution in [2.45, 2.75) is 20.0 Å². The molecule has 2 heterocycles. The number of pyridine rings is 1. The number of anilines is 1. The summed E-state index contributed by atoms with van der Waals surface area (Å²) >= 11 is 11.9. The van der Waals surface area contributed by atoms with Crippen molar-refractivity contribution in [1.29, 1.82) is 0 Å². The van der Waals surface area contributed by atoms with Gasteiger partial charge in [0.2, 0.25) is 0 Å². The number of aryl methyl sites for hydroxylation is 1. The number of ether oxygens (including phenoxy) is 1. The molecule has 1 N–H and O–H groups in total. The molecule has 6 nitrogen and oxygen atoms in total. The van der Waals surface area contributed by atoms with E-state index in [0.29, 0.717) is 38.1 Å². The smallest absolute Gasteiger partial charge is 0.339 e. The first-order valence-corrected chi connectivity index (χ1v) is 10.5. The molecule has 0 fully saturated rings. The molecule has 2 aromatic carbocycles. The number of benzene rings is 2. The lowest BCUT2D eigenvalue weighted by Gasteiger charge is -2.15. The van der Waals surface area contributed by atoms with Crippen molar-refractivity contribution < 1.29 is 18.7 Å². The van der Waals surface area contributed by atoms with Crippen LogP contribution < -0.4 is 5.32 Å². The van der Waals surface area contributed by atoms with Gasteiger partial charge in [-0.05, 0) is 56.3 Å². The maximum absolute atomic E-state index is 13.0. The maximum atomic E-state index is 13.0. The Morgan fingerprint density at radius 3 is 2.44 bits per heavy atom. The van der Waals surface area contributed by atoms with E-state index in [1.807, 2.05) is 19.1 Å². The van der Waals surface area contributed by atoms with Gasteiger partial charge in [-0.15, -0.1) is 0 Å². The van der Waals surface area contributed by atoms with Crippen LogP contribution in [0.1, 0.15) is 23.0 Å². The highest BCUT2D eigenvalue weighted by atomic mass is 35.5. The van der Waals surface area contributed by atoms with Crippen molar-refractivity contribution in [2.75, 3.05) is 5.32 Å². The Morgan fingerprint density at radius 1 is 1.03 bits per heavy atom. The zero-order valence-electron chi connectivity index (χ0n) is 17.2. The summed E-state index contributed by atoms with van der Waals surface area (Å²) in [6.07, 6.45) is -1.07. The van der Waals surface area contributed by atoms with Crippen LogP contribution in [0, 0.1) is 6.92 Å². The van der Waals surface area contributed by atoms with Gasteiger partial charge in [-0.3, -0.25) is 4.79 Å². The van der Waals surface area contributed by atoms with Crippen molar-refractivity contribution in [2.24, 2.45) is 0 Å². The summed E-state index contributed by atoms with van der Waals surface area (Å²) in [5.74, 6) is 0.0910. The van der Waals surface area contributed by atoms with Crippen molar-refractivity contribution in [3.63, 3.8) is 0 Å². The number of aromatic nitrogens is 1. The summed E-state index contributed by atoms with van der Waals surface area (Å²) in [4.78, 5) is 30.2. The van der Waals surface area contributed by atoms with Gasteiger partial charge in [-0.25, -0.2) is 9.78 Å². The molecule has 8 heteroatoms. The van der Waals surface area contributed by atoms with Crippen LogP contribution in [0.3, 0.4) is 0 Å². The quantitative estimate of drug-likeness (QED) is 0.347. The average molecular weight is 469 g/mol. The van der Waals surface area contributed by atoms with Crippen LogP contribution in [-0.2, 0) is 9.53 Å². The third-order valence-corrected chi connectivity index (χ3v) is 5.15. The molecule has 0 aliphatic rings. The first kappa shape index (κ1) is 21.9. The van der Waals surface area contributed by atoms with E-state index >= 15 is 0 Å². The van der Waals surface area contributed by atoms with Crippen LogP contribution in [-0.4, -0.2) is 23.0 Å². The second-order valence-electron chi connectivity index (χ2n) is 7.18. The number of hydrogen-bond acceptors (Lipinski definition) is 5. The zero-order valence-corrected chi connectivity index (χ0v) is 18.7. The topological polar surface area (TPSA) is 81.4 Å². The zero-order chi connectivity index (χ0) is 22.8. The highest BCUT2D eigenvalue weighted by Crippen LogP contribution is 2.27. The number of halogens is 2. The summed E-state index contributed by atoms with van der Waals surface area (Å²) in [7, 11) is 0. The molecule has 0 spiro atoms. The van der Waals surface area contributed by atoms with Crippen LogP contribution in [0.2, 0.25) is 10.0 Å². The normalized spacial score (nSPS) is 11.9. The van der Waals surface area contributed by atoms with Gasteiger partial charge in [0, 0.05) is 21.1 Å². The highest BCUT2D eigenvalue weighted by molar-refractivity contribution is 6.35. The number of nitrogens with zero attached hydrogens (tertiary/aromatic N) is 1. The number of hydrogen-bond donors (Lipinski definition) is 1. The molecule has 1 amide bonds. The molecule has 162 valence electrons. The van der Waals surface area contributed by atoms with E-state index in [9.17, 15) is 9.59 Å². The Balaban J connectivity index is 1.59. The van der Waals surface area contributed by atoms with Crippen molar-refractivity contribution in [1.82, 2.24) is 4.98 Å². The minimum atomic E-state index is -1.07. The number of nitrogens with one attached hydrogen (secondary N) is 1. The molecule has 4 rings (SSSR count). The van der Waals surface area contributed by atoms with E-state index < -0.39 is 18.0 Å². The fraction of sp³-hybridized carbons (Fsp3) is 0.125. The molecule has 2 aromatic heterocycles. The number of rotatable bonds is 5. The van der Waals surface area contributed by atoms with Gasteiger partial charge in [-0.1, -0.05) is 41.4 Å². The van der Waals surface area contributed by atoms with Gasteiger partial charge in [-0.2, -0.15) is 0 Å². The molecule has 1 unspecified atom stereocenters. The van der Waals surface area contributed by atoms with Gasteiger partial charge >= 0.3 is 5.97 Å². The Labute approximate surface area is 194 Å². The molecule has 0 radical (unpaired) electrons. The van der Waals surface area contributed by atoms with E-state index in [0.717, 1.165) is 5.76 Å². The van der Waals surface area contributed by atoms with Crippen LogP contribution in [0.4, 0.5) is 5.69 Å². The first-order chi connectivity index (χ1) is 15.3. The molecule has 0 aliphatic carbocycles. The molecule has 0 aliphatic heterocycles. The van der Waals surface area contributed by atoms with Crippen LogP contribution in [0.15, 0.2) is 65.1 Å².